The first kappa shape index (κ1) is 14.3. The quantitative estimate of drug-likeness (QED) is 0.834. The van der Waals surface area contributed by atoms with Crippen molar-refractivity contribution < 1.29 is 9.13 Å². The Hall–Kier alpha value is -1.27. The summed E-state index contributed by atoms with van der Waals surface area (Å²) in [5, 5.41) is 0. The molecule has 4 heterocycles. The molecule has 1 aromatic heterocycles. The highest BCUT2D eigenvalue weighted by atomic mass is 19.1. The second kappa shape index (κ2) is 5.74. The molecule has 0 bridgehead atoms. The molecule has 1 spiro atoms. The van der Waals surface area contributed by atoms with E-state index in [1.54, 1.807) is 0 Å². The lowest BCUT2D eigenvalue weighted by molar-refractivity contribution is -0.0159. The summed E-state index contributed by atoms with van der Waals surface area (Å²) in [7, 11) is 0. The van der Waals surface area contributed by atoms with Crippen LogP contribution >= 0.6 is 0 Å². The molecule has 3 aliphatic rings. The van der Waals surface area contributed by atoms with Gasteiger partial charge < -0.3 is 9.64 Å². The number of halogens is 1. The SMILES string of the molecule is Fc1cnc(N2CCC3(CC2)CC(N2CCCC2)CO3)nc1. The number of piperidine rings is 1. The Labute approximate surface area is 130 Å². The van der Waals surface area contributed by atoms with Crippen molar-refractivity contribution in [2.24, 2.45) is 0 Å². The van der Waals surface area contributed by atoms with Crippen LogP contribution in [0.15, 0.2) is 12.4 Å². The lowest BCUT2D eigenvalue weighted by atomic mass is 9.87. The monoisotopic (exact) mass is 306 g/mol. The normalized spacial score (nSPS) is 28.6. The number of aromatic nitrogens is 2. The molecule has 5 nitrogen and oxygen atoms in total. The van der Waals surface area contributed by atoms with E-state index in [1.807, 2.05) is 0 Å². The van der Waals surface area contributed by atoms with E-state index in [-0.39, 0.29) is 11.4 Å². The fourth-order valence-electron chi connectivity index (χ4n) is 4.09. The maximum absolute atomic E-state index is 12.9. The molecule has 0 aliphatic carbocycles. The molecule has 1 atom stereocenters. The minimum absolute atomic E-state index is 0.0454. The average molecular weight is 306 g/mol. The standard InChI is InChI=1S/C16H23FN4O/c17-13-10-18-15(19-11-13)21-7-3-16(4-8-21)9-14(12-22-16)20-5-1-2-6-20/h10-11,14H,1-9,12H2. The van der Waals surface area contributed by atoms with E-state index in [2.05, 4.69) is 19.8 Å². The van der Waals surface area contributed by atoms with Crippen molar-refractivity contribution in [2.45, 2.75) is 43.7 Å². The van der Waals surface area contributed by atoms with Gasteiger partial charge in [-0.05, 0) is 45.2 Å². The Bertz CT molecular complexity index is 509. The fraction of sp³-hybridized carbons (Fsp3) is 0.750. The van der Waals surface area contributed by atoms with Gasteiger partial charge in [-0.15, -0.1) is 0 Å². The molecule has 0 saturated carbocycles. The summed E-state index contributed by atoms with van der Waals surface area (Å²) in [6.45, 7) is 5.13. The number of likely N-dealkylation sites (tertiary alicyclic amines) is 1. The molecule has 0 N–H and O–H groups in total. The van der Waals surface area contributed by atoms with Crippen LogP contribution in [0.25, 0.3) is 0 Å². The van der Waals surface area contributed by atoms with Crippen molar-refractivity contribution in [3.8, 4) is 0 Å². The summed E-state index contributed by atoms with van der Waals surface area (Å²) in [6.07, 6.45) is 8.32. The smallest absolute Gasteiger partial charge is 0.225 e. The number of hydrogen-bond donors (Lipinski definition) is 0. The highest BCUT2D eigenvalue weighted by molar-refractivity contribution is 5.30. The molecule has 4 rings (SSSR count). The predicted octanol–water partition coefficient (Wildman–Crippen LogP) is 1.84. The molecule has 3 fully saturated rings. The van der Waals surface area contributed by atoms with Crippen LogP contribution in [-0.4, -0.2) is 59.3 Å². The predicted molar refractivity (Wildman–Crippen MR) is 81.3 cm³/mol. The van der Waals surface area contributed by atoms with Crippen molar-refractivity contribution >= 4 is 5.95 Å². The van der Waals surface area contributed by atoms with Crippen LogP contribution in [0.2, 0.25) is 0 Å². The third-order valence-corrected chi connectivity index (χ3v) is 5.41. The summed E-state index contributed by atoms with van der Waals surface area (Å²) in [5.41, 5.74) is 0.0454. The van der Waals surface area contributed by atoms with Crippen molar-refractivity contribution in [1.82, 2.24) is 14.9 Å². The van der Waals surface area contributed by atoms with E-state index < -0.39 is 0 Å². The topological polar surface area (TPSA) is 41.5 Å². The second-order valence-electron chi connectivity index (χ2n) is 6.78. The Balaban J connectivity index is 1.36. The Morgan fingerprint density at radius 3 is 2.45 bits per heavy atom. The van der Waals surface area contributed by atoms with Gasteiger partial charge in [-0.3, -0.25) is 4.90 Å². The number of hydrogen-bond acceptors (Lipinski definition) is 5. The van der Waals surface area contributed by atoms with Crippen molar-refractivity contribution in [3.63, 3.8) is 0 Å². The van der Waals surface area contributed by atoms with E-state index in [0.717, 1.165) is 39.0 Å². The average Bonchev–Trinajstić information content (AvgIpc) is 3.19. The van der Waals surface area contributed by atoms with Gasteiger partial charge in [-0.1, -0.05) is 0 Å². The van der Waals surface area contributed by atoms with Gasteiger partial charge in [-0.25, -0.2) is 14.4 Å². The largest absolute Gasteiger partial charge is 0.373 e. The summed E-state index contributed by atoms with van der Waals surface area (Å²) in [5.74, 6) is 0.246. The Kier molecular flexibility index (Phi) is 3.74. The molecule has 120 valence electrons. The number of rotatable bonds is 2. The third-order valence-electron chi connectivity index (χ3n) is 5.41. The summed E-state index contributed by atoms with van der Waals surface area (Å²) < 4.78 is 19.2. The number of nitrogens with zero attached hydrogens (tertiary/aromatic N) is 4. The molecule has 0 radical (unpaired) electrons. The first-order valence-corrected chi connectivity index (χ1v) is 8.35. The van der Waals surface area contributed by atoms with Crippen LogP contribution in [0.3, 0.4) is 0 Å². The van der Waals surface area contributed by atoms with E-state index in [0.29, 0.717) is 12.0 Å². The summed E-state index contributed by atoms with van der Waals surface area (Å²) in [4.78, 5) is 12.9. The molecule has 3 saturated heterocycles. The lowest BCUT2D eigenvalue weighted by Crippen LogP contribution is -2.45. The molecule has 0 amide bonds. The van der Waals surface area contributed by atoms with E-state index in [1.165, 1.54) is 38.3 Å². The molecular formula is C16H23FN4O. The van der Waals surface area contributed by atoms with Gasteiger partial charge in [0, 0.05) is 19.1 Å². The maximum Gasteiger partial charge on any atom is 0.225 e. The van der Waals surface area contributed by atoms with Gasteiger partial charge in [-0.2, -0.15) is 0 Å². The summed E-state index contributed by atoms with van der Waals surface area (Å²) in [6, 6.07) is 0.608. The van der Waals surface area contributed by atoms with Gasteiger partial charge in [0.15, 0.2) is 5.82 Å². The lowest BCUT2D eigenvalue weighted by Gasteiger charge is -2.38. The third kappa shape index (κ3) is 2.70. The zero-order chi connectivity index (χ0) is 15.0. The number of anilines is 1. The van der Waals surface area contributed by atoms with Crippen molar-refractivity contribution in [2.75, 3.05) is 37.7 Å². The summed E-state index contributed by atoms with van der Waals surface area (Å²) >= 11 is 0. The molecule has 3 aliphatic heterocycles. The van der Waals surface area contributed by atoms with Gasteiger partial charge >= 0.3 is 0 Å². The second-order valence-corrected chi connectivity index (χ2v) is 6.78. The molecule has 22 heavy (non-hydrogen) atoms. The van der Waals surface area contributed by atoms with Crippen LogP contribution in [0.5, 0.6) is 0 Å². The minimum Gasteiger partial charge on any atom is -0.373 e. The minimum atomic E-state index is -0.384. The number of ether oxygens (including phenoxy) is 1. The zero-order valence-electron chi connectivity index (χ0n) is 12.9. The van der Waals surface area contributed by atoms with Crippen LogP contribution in [0.4, 0.5) is 10.3 Å². The van der Waals surface area contributed by atoms with Crippen LogP contribution in [0.1, 0.15) is 32.1 Å². The van der Waals surface area contributed by atoms with E-state index >= 15 is 0 Å². The van der Waals surface area contributed by atoms with Gasteiger partial charge in [0.1, 0.15) is 0 Å². The molecule has 0 aromatic carbocycles. The molecular weight excluding hydrogens is 283 g/mol. The van der Waals surface area contributed by atoms with Crippen molar-refractivity contribution in [3.05, 3.63) is 18.2 Å². The fourth-order valence-corrected chi connectivity index (χ4v) is 4.09. The molecule has 6 heteroatoms. The highest BCUT2D eigenvalue weighted by Crippen LogP contribution is 2.38. The van der Waals surface area contributed by atoms with Crippen LogP contribution < -0.4 is 4.90 Å². The first-order chi connectivity index (χ1) is 10.7. The Morgan fingerprint density at radius 1 is 1.09 bits per heavy atom. The first-order valence-electron chi connectivity index (χ1n) is 8.35. The molecule has 1 unspecified atom stereocenters. The van der Waals surface area contributed by atoms with Gasteiger partial charge in [0.2, 0.25) is 5.95 Å². The Morgan fingerprint density at radius 2 is 1.77 bits per heavy atom. The van der Waals surface area contributed by atoms with E-state index in [9.17, 15) is 4.39 Å². The van der Waals surface area contributed by atoms with Crippen LogP contribution in [0, 0.1) is 5.82 Å². The maximum atomic E-state index is 12.9. The van der Waals surface area contributed by atoms with Crippen LogP contribution in [-0.2, 0) is 4.74 Å². The van der Waals surface area contributed by atoms with Crippen molar-refractivity contribution in [1.29, 1.82) is 0 Å². The highest BCUT2D eigenvalue weighted by Gasteiger charge is 2.44. The van der Waals surface area contributed by atoms with Gasteiger partial charge in [0.25, 0.3) is 0 Å². The zero-order valence-corrected chi connectivity index (χ0v) is 12.9. The van der Waals surface area contributed by atoms with Gasteiger partial charge in [0.05, 0.1) is 24.6 Å². The van der Waals surface area contributed by atoms with E-state index in [4.69, 9.17) is 4.74 Å². The molecule has 1 aromatic rings.